The van der Waals surface area contributed by atoms with Crippen LogP contribution >= 0.6 is 0 Å². The Kier molecular flexibility index (Phi) is 4.62. The van der Waals surface area contributed by atoms with Gasteiger partial charge in [-0.1, -0.05) is 45.9 Å². The summed E-state index contributed by atoms with van der Waals surface area (Å²) in [5.41, 5.74) is 2.09. The minimum absolute atomic E-state index is 0.104. The zero-order valence-corrected chi connectivity index (χ0v) is 13.3. The lowest BCUT2D eigenvalue weighted by molar-refractivity contribution is -0.118. The summed E-state index contributed by atoms with van der Waals surface area (Å²) in [6, 6.07) is 11.8. The van der Waals surface area contributed by atoms with Gasteiger partial charge in [0.15, 0.2) is 5.82 Å². The number of rotatable bonds is 4. The predicted octanol–water partition coefficient (Wildman–Crippen LogP) is 3.46. The van der Waals surface area contributed by atoms with Crippen molar-refractivity contribution in [3.63, 3.8) is 0 Å². The summed E-state index contributed by atoms with van der Waals surface area (Å²) in [4.78, 5) is 11.9. The van der Waals surface area contributed by atoms with Crippen molar-refractivity contribution < 1.29 is 4.79 Å². The molecule has 1 aromatic carbocycles. The topological polar surface area (TPSA) is 70.7 Å². The number of amides is 1. The number of carbonyl (C=O) groups excluding carboxylic acids is 1. The van der Waals surface area contributed by atoms with Gasteiger partial charge in [0.25, 0.3) is 0 Å². The maximum atomic E-state index is 11.9. The molecule has 1 heterocycles. The van der Waals surface area contributed by atoms with E-state index in [9.17, 15) is 10.1 Å². The van der Waals surface area contributed by atoms with Crippen LogP contribution in [0.5, 0.6) is 0 Å². The van der Waals surface area contributed by atoms with E-state index in [1.165, 1.54) is 0 Å². The van der Waals surface area contributed by atoms with E-state index in [-0.39, 0.29) is 17.7 Å². The van der Waals surface area contributed by atoms with Gasteiger partial charge < -0.3 is 5.32 Å². The Hall–Kier alpha value is -2.61. The Morgan fingerprint density at radius 1 is 1.23 bits per heavy atom. The molecule has 0 radical (unpaired) electrons. The zero-order chi connectivity index (χ0) is 16.3. The van der Waals surface area contributed by atoms with Crippen molar-refractivity contribution in [2.24, 2.45) is 5.92 Å². The van der Waals surface area contributed by atoms with E-state index < -0.39 is 0 Å². The van der Waals surface area contributed by atoms with E-state index in [2.05, 4.69) is 16.5 Å². The lowest BCUT2D eigenvalue weighted by Crippen LogP contribution is -2.18. The van der Waals surface area contributed by atoms with E-state index in [1.807, 2.05) is 44.2 Å². The van der Waals surface area contributed by atoms with E-state index >= 15 is 0 Å². The van der Waals surface area contributed by atoms with Crippen LogP contribution in [-0.4, -0.2) is 15.7 Å². The van der Waals surface area contributed by atoms with Crippen LogP contribution in [0.2, 0.25) is 0 Å². The number of nitrogens with one attached hydrogen (secondary N) is 1. The molecule has 5 heteroatoms. The molecule has 0 aliphatic carbocycles. The molecule has 0 aliphatic heterocycles. The molecule has 22 heavy (non-hydrogen) atoms. The Balaban J connectivity index is 2.58. The average molecular weight is 296 g/mol. The second-order valence-electron chi connectivity index (χ2n) is 5.77. The molecule has 0 saturated carbocycles. The second kappa shape index (κ2) is 6.44. The van der Waals surface area contributed by atoms with Gasteiger partial charge in [-0.3, -0.25) is 4.79 Å². The fraction of sp³-hybridized carbons (Fsp3) is 0.353. The van der Waals surface area contributed by atoms with Crippen molar-refractivity contribution in [1.82, 2.24) is 9.78 Å². The molecule has 5 nitrogen and oxygen atoms in total. The van der Waals surface area contributed by atoms with Crippen LogP contribution in [0.4, 0.5) is 5.82 Å². The molecule has 2 rings (SSSR count). The van der Waals surface area contributed by atoms with Crippen LogP contribution in [0.3, 0.4) is 0 Å². The van der Waals surface area contributed by atoms with Gasteiger partial charge in [0.1, 0.15) is 11.6 Å². The molecule has 0 aliphatic rings. The number of nitrogens with zero attached hydrogens (tertiary/aromatic N) is 3. The quantitative estimate of drug-likeness (QED) is 0.939. The SMILES string of the molecule is CC(C)C(=O)Nc1nn(-c2ccccc2)c(C(C)C)c1C#N. The summed E-state index contributed by atoms with van der Waals surface area (Å²) < 4.78 is 1.74. The number of benzene rings is 1. The van der Waals surface area contributed by atoms with Gasteiger partial charge in [0.05, 0.1) is 11.4 Å². The third kappa shape index (κ3) is 3.01. The highest BCUT2D eigenvalue weighted by Gasteiger charge is 2.23. The van der Waals surface area contributed by atoms with Crippen LogP contribution < -0.4 is 5.32 Å². The molecule has 1 amide bonds. The molecule has 0 saturated heterocycles. The minimum Gasteiger partial charge on any atom is -0.308 e. The molecule has 0 atom stereocenters. The van der Waals surface area contributed by atoms with Gasteiger partial charge in [-0.25, -0.2) is 4.68 Å². The fourth-order valence-corrected chi connectivity index (χ4v) is 2.19. The molecule has 2 aromatic rings. The van der Waals surface area contributed by atoms with Crippen molar-refractivity contribution in [2.45, 2.75) is 33.6 Å². The number of nitriles is 1. The summed E-state index contributed by atoms with van der Waals surface area (Å²) >= 11 is 0. The maximum absolute atomic E-state index is 11.9. The summed E-state index contributed by atoms with van der Waals surface area (Å²) in [5, 5.41) is 16.7. The van der Waals surface area contributed by atoms with Gasteiger partial charge in [0.2, 0.25) is 5.91 Å². The normalized spacial score (nSPS) is 10.8. The second-order valence-corrected chi connectivity index (χ2v) is 5.77. The van der Waals surface area contributed by atoms with Gasteiger partial charge in [-0.2, -0.15) is 5.26 Å². The minimum atomic E-state index is -0.170. The van der Waals surface area contributed by atoms with Gasteiger partial charge in [-0.05, 0) is 18.1 Å². The van der Waals surface area contributed by atoms with E-state index in [4.69, 9.17) is 0 Å². The molecule has 0 bridgehead atoms. The van der Waals surface area contributed by atoms with Gasteiger partial charge in [-0.15, -0.1) is 5.10 Å². The molecule has 1 aromatic heterocycles. The Morgan fingerprint density at radius 2 is 1.86 bits per heavy atom. The van der Waals surface area contributed by atoms with Crippen LogP contribution in [0.1, 0.15) is 44.9 Å². The molecule has 0 spiro atoms. The van der Waals surface area contributed by atoms with Gasteiger partial charge >= 0.3 is 0 Å². The first-order valence-corrected chi connectivity index (χ1v) is 7.35. The van der Waals surface area contributed by atoms with Crippen LogP contribution in [0.15, 0.2) is 30.3 Å². The number of para-hydroxylation sites is 1. The summed E-state index contributed by atoms with van der Waals surface area (Å²) in [7, 11) is 0. The Bertz CT molecular complexity index is 708. The molecular weight excluding hydrogens is 276 g/mol. The molecular formula is C17H20N4O. The van der Waals surface area contributed by atoms with Gasteiger partial charge in [0, 0.05) is 5.92 Å². The molecule has 114 valence electrons. The van der Waals surface area contributed by atoms with E-state index in [0.29, 0.717) is 11.4 Å². The summed E-state index contributed by atoms with van der Waals surface area (Å²) in [5.74, 6) is 0.112. The van der Waals surface area contributed by atoms with Crippen LogP contribution in [0, 0.1) is 17.2 Å². The summed E-state index contributed by atoms with van der Waals surface area (Å²) in [6.07, 6.45) is 0. The first kappa shape index (κ1) is 15.8. The highest BCUT2D eigenvalue weighted by molar-refractivity contribution is 5.92. The number of hydrogen-bond donors (Lipinski definition) is 1. The smallest absolute Gasteiger partial charge is 0.228 e. The van der Waals surface area contributed by atoms with Crippen molar-refractivity contribution in [1.29, 1.82) is 5.26 Å². The van der Waals surface area contributed by atoms with Crippen molar-refractivity contribution in [3.8, 4) is 11.8 Å². The monoisotopic (exact) mass is 296 g/mol. The van der Waals surface area contributed by atoms with Crippen molar-refractivity contribution in [2.75, 3.05) is 5.32 Å². The molecule has 1 N–H and O–H groups in total. The molecule has 0 unspecified atom stereocenters. The third-order valence-corrected chi connectivity index (χ3v) is 3.35. The predicted molar refractivity (Wildman–Crippen MR) is 85.8 cm³/mol. The average Bonchev–Trinajstić information content (AvgIpc) is 2.86. The van der Waals surface area contributed by atoms with E-state index in [1.54, 1.807) is 18.5 Å². The van der Waals surface area contributed by atoms with E-state index in [0.717, 1.165) is 11.4 Å². The lowest BCUT2D eigenvalue weighted by atomic mass is 10.1. The Labute approximate surface area is 130 Å². The number of carbonyl (C=O) groups is 1. The first-order chi connectivity index (χ1) is 10.5. The molecule has 0 fully saturated rings. The third-order valence-electron chi connectivity index (χ3n) is 3.35. The summed E-state index contributed by atoms with van der Waals surface area (Å²) in [6.45, 7) is 7.62. The highest BCUT2D eigenvalue weighted by Crippen LogP contribution is 2.28. The zero-order valence-electron chi connectivity index (χ0n) is 13.3. The van der Waals surface area contributed by atoms with Crippen molar-refractivity contribution >= 4 is 11.7 Å². The maximum Gasteiger partial charge on any atom is 0.228 e. The fourth-order valence-electron chi connectivity index (χ4n) is 2.19. The van der Waals surface area contributed by atoms with Crippen LogP contribution in [0.25, 0.3) is 5.69 Å². The van der Waals surface area contributed by atoms with Crippen LogP contribution in [-0.2, 0) is 4.79 Å². The standard InChI is InChI=1S/C17H20N4O/c1-11(2)15-14(10-18)16(19-17(22)12(3)4)20-21(15)13-8-6-5-7-9-13/h5-9,11-12H,1-4H3,(H,19,20,22). The van der Waals surface area contributed by atoms with Crippen molar-refractivity contribution in [3.05, 3.63) is 41.6 Å². The lowest BCUT2D eigenvalue weighted by Gasteiger charge is -2.10. The number of anilines is 1. The Morgan fingerprint density at radius 3 is 2.36 bits per heavy atom. The number of aromatic nitrogens is 2. The first-order valence-electron chi connectivity index (χ1n) is 7.35. The number of hydrogen-bond acceptors (Lipinski definition) is 3. The largest absolute Gasteiger partial charge is 0.308 e. The highest BCUT2D eigenvalue weighted by atomic mass is 16.1.